The summed E-state index contributed by atoms with van der Waals surface area (Å²) in [5.41, 5.74) is 1.11. The molecule has 0 spiro atoms. The summed E-state index contributed by atoms with van der Waals surface area (Å²) in [7, 11) is 0. The van der Waals surface area contributed by atoms with E-state index in [1.165, 1.54) is 10.8 Å². The van der Waals surface area contributed by atoms with Crippen LogP contribution in [0.25, 0.3) is 16.3 Å². The van der Waals surface area contributed by atoms with Gasteiger partial charge in [0.05, 0.1) is 0 Å². The molecule has 3 rings (SSSR count). The van der Waals surface area contributed by atoms with E-state index in [1.807, 2.05) is 28.7 Å². The van der Waals surface area contributed by atoms with Crippen LogP contribution in [0.4, 0.5) is 0 Å². The average Bonchev–Trinajstić information content (AvgIpc) is 2.27. The van der Waals surface area contributed by atoms with Gasteiger partial charge in [-0.05, 0) is 29.1 Å². The molecule has 0 saturated carbocycles. The number of benzene rings is 1. The molecule has 2 aromatic heterocycles. The maximum atomic E-state index is 6.12. The van der Waals surface area contributed by atoms with Crippen LogP contribution in [-0.2, 0) is 0 Å². The van der Waals surface area contributed by atoms with E-state index in [4.69, 9.17) is 11.6 Å². The fourth-order valence-electron chi connectivity index (χ4n) is 1.82. The molecule has 0 N–H and O–H groups in total. The van der Waals surface area contributed by atoms with Crippen LogP contribution in [0.3, 0.4) is 0 Å². The zero-order valence-electron chi connectivity index (χ0n) is 8.02. The van der Waals surface area contributed by atoms with Crippen LogP contribution in [0.2, 0.25) is 5.15 Å². The summed E-state index contributed by atoms with van der Waals surface area (Å²) in [6.07, 6.45) is 2.06. The first-order valence-electron chi connectivity index (χ1n) is 4.83. The number of nitrogens with zero attached hydrogens (tertiary/aromatic N) is 1. The zero-order chi connectivity index (χ0) is 10.3. The SMILES string of the molecule is Clc1cccc2cc3ccccc3c[n+]12. The molecule has 2 heterocycles. The summed E-state index contributed by atoms with van der Waals surface area (Å²) in [6, 6.07) is 16.3. The monoisotopic (exact) mass is 214 g/mol. The Morgan fingerprint density at radius 2 is 1.67 bits per heavy atom. The van der Waals surface area contributed by atoms with Crippen LogP contribution in [0.5, 0.6) is 0 Å². The van der Waals surface area contributed by atoms with Gasteiger partial charge in [0.2, 0.25) is 5.52 Å². The summed E-state index contributed by atoms with van der Waals surface area (Å²) < 4.78 is 1.99. The predicted molar refractivity (Wildman–Crippen MR) is 62.1 cm³/mol. The molecular weight excluding hydrogens is 206 g/mol. The van der Waals surface area contributed by atoms with Crippen molar-refractivity contribution >= 4 is 27.9 Å². The smallest absolute Gasteiger partial charge is 0.150 e. The lowest BCUT2D eigenvalue weighted by atomic mass is 10.1. The fourth-order valence-corrected chi connectivity index (χ4v) is 2.04. The minimum Gasteiger partial charge on any atom is -0.150 e. The molecule has 0 bridgehead atoms. The van der Waals surface area contributed by atoms with E-state index >= 15 is 0 Å². The Labute approximate surface area is 92.5 Å². The van der Waals surface area contributed by atoms with Gasteiger partial charge in [-0.25, -0.2) is 0 Å². The first kappa shape index (κ1) is 8.69. The number of halogens is 1. The highest BCUT2D eigenvalue weighted by molar-refractivity contribution is 6.28. The third-order valence-electron chi connectivity index (χ3n) is 2.58. The molecule has 0 saturated heterocycles. The van der Waals surface area contributed by atoms with Crippen molar-refractivity contribution < 1.29 is 4.40 Å². The van der Waals surface area contributed by atoms with Crippen LogP contribution in [0.1, 0.15) is 0 Å². The van der Waals surface area contributed by atoms with Gasteiger partial charge in [0.15, 0.2) is 6.20 Å². The van der Waals surface area contributed by atoms with Crippen LogP contribution >= 0.6 is 11.6 Å². The van der Waals surface area contributed by atoms with E-state index in [0.717, 1.165) is 10.7 Å². The third kappa shape index (κ3) is 1.36. The van der Waals surface area contributed by atoms with Crippen molar-refractivity contribution in [2.24, 2.45) is 0 Å². The standard InChI is InChI=1S/C13H9ClN/c14-13-7-3-6-12-8-10-4-1-2-5-11(10)9-15(12)13/h1-9H/q+1. The third-order valence-corrected chi connectivity index (χ3v) is 2.88. The van der Waals surface area contributed by atoms with Gasteiger partial charge >= 0.3 is 0 Å². The number of pyridine rings is 2. The maximum absolute atomic E-state index is 6.12. The molecule has 72 valence electrons. The molecule has 0 aliphatic rings. The highest BCUT2D eigenvalue weighted by Crippen LogP contribution is 2.14. The summed E-state index contributed by atoms with van der Waals surface area (Å²) in [4.78, 5) is 0. The highest BCUT2D eigenvalue weighted by Gasteiger charge is 2.08. The Hall–Kier alpha value is -1.60. The first-order chi connectivity index (χ1) is 7.34. The molecule has 0 aliphatic carbocycles. The van der Waals surface area contributed by atoms with Gasteiger partial charge in [0, 0.05) is 23.6 Å². The molecular formula is C13H9ClN+. The predicted octanol–water partition coefficient (Wildman–Crippen LogP) is 3.23. The Bertz CT molecular complexity index is 646. The van der Waals surface area contributed by atoms with Gasteiger partial charge in [0.25, 0.3) is 5.15 Å². The molecule has 2 heteroatoms. The first-order valence-corrected chi connectivity index (χ1v) is 5.21. The largest absolute Gasteiger partial charge is 0.280 e. The average molecular weight is 215 g/mol. The second-order valence-electron chi connectivity index (χ2n) is 3.55. The van der Waals surface area contributed by atoms with Gasteiger partial charge in [-0.3, -0.25) is 0 Å². The molecule has 3 aromatic rings. The fraction of sp³-hybridized carbons (Fsp3) is 0. The van der Waals surface area contributed by atoms with Crippen molar-refractivity contribution in [1.29, 1.82) is 0 Å². The van der Waals surface area contributed by atoms with Crippen LogP contribution in [0, 0.1) is 0 Å². The molecule has 1 aromatic carbocycles. The minimum absolute atomic E-state index is 0.734. The number of fused-ring (bicyclic) bond motifs is 2. The maximum Gasteiger partial charge on any atom is 0.280 e. The molecule has 0 atom stereocenters. The van der Waals surface area contributed by atoms with Crippen molar-refractivity contribution in [3.05, 3.63) is 59.9 Å². The number of aromatic nitrogens is 1. The van der Waals surface area contributed by atoms with E-state index in [2.05, 4.69) is 30.5 Å². The van der Waals surface area contributed by atoms with E-state index in [0.29, 0.717) is 0 Å². The van der Waals surface area contributed by atoms with E-state index in [1.54, 1.807) is 0 Å². The molecule has 0 aliphatic heterocycles. The normalized spacial score (nSPS) is 11.0. The second-order valence-corrected chi connectivity index (χ2v) is 3.93. The summed E-state index contributed by atoms with van der Waals surface area (Å²) >= 11 is 6.12. The van der Waals surface area contributed by atoms with Gasteiger partial charge in [0.1, 0.15) is 0 Å². The summed E-state index contributed by atoms with van der Waals surface area (Å²) in [6.45, 7) is 0. The van der Waals surface area contributed by atoms with Gasteiger partial charge in [-0.1, -0.05) is 18.2 Å². The second kappa shape index (κ2) is 3.21. The quantitative estimate of drug-likeness (QED) is 0.307. The molecule has 0 amide bonds. The summed E-state index contributed by atoms with van der Waals surface area (Å²) in [5, 5.41) is 3.17. The Morgan fingerprint density at radius 1 is 0.867 bits per heavy atom. The lowest BCUT2D eigenvalue weighted by Crippen LogP contribution is -2.22. The van der Waals surface area contributed by atoms with Crippen molar-refractivity contribution in [3.8, 4) is 0 Å². The summed E-state index contributed by atoms with van der Waals surface area (Å²) in [5.74, 6) is 0. The van der Waals surface area contributed by atoms with E-state index in [9.17, 15) is 0 Å². The van der Waals surface area contributed by atoms with Crippen molar-refractivity contribution in [2.75, 3.05) is 0 Å². The molecule has 0 unspecified atom stereocenters. The van der Waals surface area contributed by atoms with Crippen LogP contribution in [0.15, 0.2) is 54.7 Å². The van der Waals surface area contributed by atoms with E-state index < -0.39 is 0 Å². The highest BCUT2D eigenvalue weighted by atomic mass is 35.5. The Kier molecular flexibility index (Phi) is 1.86. The van der Waals surface area contributed by atoms with E-state index in [-0.39, 0.29) is 0 Å². The number of rotatable bonds is 0. The Balaban J connectivity index is 2.53. The van der Waals surface area contributed by atoms with Crippen molar-refractivity contribution in [2.45, 2.75) is 0 Å². The topological polar surface area (TPSA) is 4.10 Å². The van der Waals surface area contributed by atoms with Gasteiger partial charge < -0.3 is 0 Å². The van der Waals surface area contributed by atoms with Gasteiger partial charge in [-0.15, -0.1) is 4.40 Å². The molecule has 15 heavy (non-hydrogen) atoms. The molecule has 1 nitrogen and oxygen atoms in total. The van der Waals surface area contributed by atoms with Gasteiger partial charge in [-0.2, -0.15) is 0 Å². The van der Waals surface area contributed by atoms with Crippen molar-refractivity contribution in [1.82, 2.24) is 0 Å². The number of hydrogen-bond donors (Lipinski definition) is 0. The Morgan fingerprint density at radius 3 is 2.53 bits per heavy atom. The lowest BCUT2D eigenvalue weighted by Gasteiger charge is -1.96. The minimum atomic E-state index is 0.734. The molecule has 0 radical (unpaired) electrons. The lowest BCUT2D eigenvalue weighted by molar-refractivity contribution is -0.507. The zero-order valence-corrected chi connectivity index (χ0v) is 8.78. The molecule has 0 fully saturated rings. The van der Waals surface area contributed by atoms with Crippen LogP contribution in [-0.4, -0.2) is 0 Å². The van der Waals surface area contributed by atoms with Crippen molar-refractivity contribution in [3.63, 3.8) is 0 Å². The number of hydrogen-bond acceptors (Lipinski definition) is 0. The van der Waals surface area contributed by atoms with Crippen LogP contribution < -0.4 is 4.40 Å².